The van der Waals surface area contributed by atoms with E-state index in [1.165, 1.54) is 12.1 Å². The Morgan fingerprint density at radius 3 is 2.81 bits per heavy atom. The van der Waals surface area contributed by atoms with Crippen molar-refractivity contribution < 1.29 is 27.6 Å². The van der Waals surface area contributed by atoms with E-state index >= 15 is 0 Å². The maximum atomic E-state index is 13.0. The smallest absolute Gasteiger partial charge is 0.338 e. The Balaban J connectivity index is 1.61. The number of nitrogens with zero attached hydrogens (tertiary/aromatic N) is 3. The van der Waals surface area contributed by atoms with Crippen LogP contribution in [0.15, 0.2) is 27.6 Å². The second-order valence-electron chi connectivity index (χ2n) is 7.13. The van der Waals surface area contributed by atoms with Gasteiger partial charge in [0.2, 0.25) is 10.0 Å². The molecule has 0 spiro atoms. The van der Waals surface area contributed by atoms with Crippen LogP contribution in [0.25, 0.3) is 0 Å². The summed E-state index contributed by atoms with van der Waals surface area (Å²) in [4.78, 5) is 15.9. The Kier molecular flexibility index (Phi) is 4.09. The van der Waals surface area contributed by atoms with Crippen molar-refractivity contribution in [1.29, 1.82) is 0 Å². The predicted molar refractivity (Wildman–Crippen MR) is 91.2 cm³/mol. The molecule has 0 bridgehead atoms. The monoisotopic (exact) mass is 393 g/mol. The minimum Gasteiger partial charge on any atom is -0.457 e. The van der Waals surface area contributed by atoms with Crippen LogP contribution in [-0.4, -0.2) is 47.0 Å². The number of carbonyl (C=O) groups excluding carboxylic acids is 1. The summed E-state index contributed by atoms with van der Waals surface area (Å²) in [6.07, 6.45) is 0.138. The van der Waals surface area contributed by atoms with Gasteiger partial charge >= 0.3 is 5.97 Å². The summed E-state index contributed by atoms with van der Waals surface area (Å²) < 4.78 is 37.2. The largest absolute Gasteiger partial charge is 0.457 e. The van der Waals surface area contributed by atoms with Crippen molar-refractivity contribution in [1.82, 2.24) is 14.4 Å². The maximum absolute atomic E-state index is 13.0. The molecule has 2 aromatic rings. The van der Waals surface area contributed by atoms with Crippen LogP contribution in [-0.2, 0) is 27.0 Å². The van der Waals surface area contributed by atoms with E-state index in [1.807, 2.05) is 13.8 Å². The number of β-amino-alcohol motifs (C(OH)–C–C–N with tert-alkyl or cyclic N) is 1. The zero-order chi connectivity index (χ0) is 19.4. The highest BCUT2D eigenvalue weighted by molar-refractivity contribution is 7.89. The summed E-state index contributed by atoms with van der Waals surface area (Å²) in [5.41, 5.74) is -0.629. The molecule has 1 saturated heterocycles. The molecule has 9 nitrogen and oxygen atoms in total. The van der Waals surface area contributed by atoms with Crippen LogP contribution in [0.5, 0.6) is 0 Å². The molecule has 4 rings (SSSR count). The fourth-order valence-electron chi connectivity index (χ4n) is 3.20. The molecule has 2 aliphatic rings. The molecule has 1 atom stereocenters. The van der Waals surface area contributed by atoms with E-state index in [4.69, 9.17) is 9.26 Å². The molecule has 27 heavy (non-hydrogen) atoms. The second kappa shape index (κ2) is 6.11. The number of aliphatic hydroxyl groups is 1. The van der Waals surface area contributed by atoms with Gasteiger partial charge in [0.25, 0.3) is 5.89 Å². The lowest BCUT2D eigenvalue weighted by Gasteiger charge is -2.20. The first kappa shape index (κ1) is 18.1. The van der Waals surface area contributed by atoms with E-state index in [-0.39, 0.29) is 48.4 Å². The lowest BCUT2D eigenvalue weighted by molar-refractivity contribution is 0.0194. The average molecular weight is 393 g/mol. The van der Waals surface area contributed by atoms with Crippen LogP contribution in [0, 0.1) is 0 Å². The van der Waals surface area contributed by atoms with Crippen molar-refractivity contribution in [3.05, 3.63) is 41.0 Å². The molecule has 144 valence electrons. The summed E-state index contributed by atoms with van der Waals surface area (Å²) >= 11 is 0. The predicted octanol–water partition coefficient (Wildman–Crippen LogP) is 1.15. The Morgan fingerprint density at radius 2 is 2.11 bits per heavy atom. The Hall–Kier alpha value is -2.30. The van der Waals surface area contributed by atoms with Gasteiger partial charge in [-0.3, -0.25) is 0 Å². The lowest BCUT2D eigenvalue weighted by atomic mass is 10.0. The van der Waals surface area contributed by atoms with Crippen molar-refractivity contribution in [3.8, 4) is 0 Å². The molecule has 0 radical (unpaired) electrons. The average Bonchev–Trinajstić information content (AvgIpc) is 3.34. The number of rotatable bonds is 4. The Bertz CT molecular complexity index is 1020. The molecule has 1 fully saturated rings. The number of aromatic nitrogens is 2. The quantitative estimate of drug-likeness (QED) is 0.767. The lowest BCUT2D eigenvalue weighted by Crippen LogP contribution is -2.34. The van der Waals surface area contributed by atoms with Crippen LogP contribution in [0.4, 0.5) is 0 Å². The highest BCUT2D eigenvalue weighted by atomic mass is 32.2. The van der Waals surface area contributed by atoms with E-state index < -0.39 is 21.6 Å². The minimum atomic E-state index is -3.90. The summed E-state index contributed by atoms with van der Waals surface area (Å²) in [6, 6.07) is 4.33. The highest BCUT2D eigenvalue weighted by Crippen LogP contribution is 2.35. The van der Waals surface area contributed by atoms with E-state index in [9.17, 15) is 18.3 Å². The van der Waals surface area contributed by atoms with E-state index in [0.717, 1.165) is 4.31 Å². The molecule has 2 aliphatic heterocycles. The van der Waals surface area contributed by atoms with E-state index in [0.29, 0.717) is 11.4 Å². The standard InChI is InChI=1S/C17H19N3O6S/c1-10(2)14-18-16(26-19-14)17(22)5-6-20(9-17)27(23,24)12-4-3-11-8-25-15(21)13(11)7-12/h3-4,7,10,22H,5-6,8-9H2,1-2H3. The maximum Gasteiger partial charge on any atom is 0.338 e. The van der Waals surface area contributed by atoms with E-state index in [2.05, 4.69) is 10.1 Å². The van der Waals surface area contributed by atoms with Crippen LogP contribution in [0.1, 0.15) is 53.8 Å². The topological polar surface area (TPSA) is 123 Å². The number of sulfonamides is 1. The molecule has 1 unspecified atom stereocenters. The molecular formula is C17H19N3O6S. The van der Waals surface area contributed by atoms with Gasteiger partial charge < -0.3 is 14.4 Å². The zero-order valence-electron chi connectivity index (χ0n) is 14.9. The molecule has 0 aliphatic carbocycles. The normalized spacial score (nSPS) is 23.0. The van der Waals surface area contributed by atoms with Crippen LogP contribution >= 0.6 is 0 Å². The van der Waals surface area contributed by atoms with Gasteiger partial charge in [-0.05, 0) is 12.1 Å². The van der Waals surface area contributed by atoms with Crippen molar-refractivity contribution in [2.45, 2.75) is 43.3 Å². The summed E-state index contributed by atoms with van der Waals surface area (Å²) in [5, 5.41) is 14.7. The number of ether oxygens (including phenoxy) is 1. The summed E-state index contributed by atoms with van der Waals surface area (Å²) in [6.45, 7) is 3.83. The molecule has 1 aromatic heterocycles. The van der Waals surface area contributed by atoms with Gasteiger partial charge in [-0.2, -0.15) is 9.29 Å². The van der Waals surface area contributed by atoms with Crippen LogP contribution < -0.4 is 0 Å². The number of benzene rings is 1. The van der Waals surface area contributed by atoms with Crippen molar-refractivity contribution in [2.24, 2.45) is 0 Å². The first-order valence-corrected chi connectivity index (χ1v) is 10.0. The molecule has 3 heterocycles. The third-order valence-corrected chi connectivity index (χ3v) is 6.71. The number of carbonyl (C=O) groups is 1. The Morgan fingerprint density at radius 1 is 1.33 bits per heavy atom. The van der Waals surface area contributed by atoms with Crippen molar-refractivity contribution in [2.75, 3.05) is 13.1 Å². The van der Waals surface area contributed by atoms with Gasteiger partial charge in [0, 0.05) is 24.4 Å². The second-order valence-corrected chi connectivity index (χ2v) is 9.07. The first-order valence-electron chi connectivity index (χ1n) is 8.57. The van der Waals surface area contributed by atoms with Gasteiger partial charge in [-0.15, -0.1) is 0 Å². The molecular weight excluding hydrogens is 374 g/mol. The van der Waals surface area contributed by atoms with Crippen LogP contribution in [0.3, 0.4) is 0 Å². The summed E-state index contributed by atoms with van der Waals surface area (Å²) in [7, 11) is -3.90. The number of fused-ring (bicyclic) bond motifs is 1. The third kappa shape index (κ3) is 2.93. The number of hydrogen-bond donors (Lipinski definition) is 1. The molecule has 1 aromatic carbocycles. The molecule has 0 saturated carbocycles. The molecule has 10 heteroatoms. The molecule has 0 amide bonds. The Labute approximate surface area is 156 Å². The fraction of sp³-hybridized carbons (Fsp3) is 0.471. The van der Waals surface area contributed by atoms with Crippen LogP contribution in [0.2, 0.25) is 0 Å². The van der Waals surface area contributed by atoms with Gasteiger partial charge in [-0.25, -0.2) is 13.2 Å². The van der Waals surface area contributed by atoms with E-state index in [1.54, 1.807) is 6.07 Å². The minimum absolute atomic E-state index is 0.0152. The summed E-state index contributed by atoms with van der Waals surface area (Å²) in [5.74, 6) is -0.0381. The van der Waals surface area contributed by atoms with Gasteiger partial charge in [0.05, 0.1) is 17.0 Å². The molecule has 1 N–H and O–H groups in total. The fourth-order valence-corrected chi connectivity index (χ4v) is 4.72. The van der Waals surface area contributed by atoms with Gasteiger partial charge in [0.1, 0.15) is 6.61 Å². The number of esters is 1. The number of hydrogen-bond acceptors (Lipinski definition) is 8. The van der Waals surface area contributed by atoms with Crippen molar-refractivity contribution >= 4 is 16.0 Å². The highest BCUT2D eigenvalue weighted by Gasteiger charge is 2.47. The number of cyclic esters (lactones) is 1. The van der Waals surface area contributed by atoms with Crippen molar-refractivity contribution in [3.63, 3.8) is 0 Å². The third-order valence-electron chi connectivity index (χ3n) is 4.87. The zero-order valence-corrected chi connectivity index (χ0v) is 15.7. The SMILES string of the molecule is CC(C)c1noc(C2(O)CCN(S(=O)(=O)c3ccc4c(c3)C(=O)OC4)C2)n1. The van der Waals surface area contributed by atoms with Gasteiger partial charge in [-0.1, -0.05) is 25.1 Å². The van der Waals surface area contributed by atoms with Gasteiger partial charge in [0.15, 0.2) is 11.4 Å². The first-order chi connectivity index (χ1) is 12.7.